The molecule has 2 aromatic rings. The number of rotatable bonds is 4. The number of amides is 2. The normalized spacial score (nSPS) is 23.3. The van der Waals surface area contributed by atoms with E-state index in [0.717, 1.165) is 6.42 Å². The second kappa shape index (κ2) is 9.20. The summed E-state index contributed by atoms with van der Waals surface area (Å²) < 4.78 is 34.1. The number of carbonyl (C=O) groups excluding carboxylic acids is 2. The zero-order valence-electron chi connectivity index (χ0n) is 20.9. The van der Waals surface area contributed by atoms with Crippen LogP contribution < -0.4 is 10.2 Å². The van der Waals surface area contributed by atoms with E-state index in [4.69, 9.17) is 10.00 Å². The maximum atomic E-state index is 15.6. The van der Waals surface area contributed by atoms with Gasteiger partial charge in [-0.05, 0) is 61.2 Å². The van der Waals surface area contributed by atoms with Gasteiger partial charge in [-0.15, -0.1) is 0 Å². The lowest BCUT2D eigenvalue weighted by molar-refractivity contribution is -0.115. The Bertz CT molecular complexity index is 1400. The molecule has 0 radical (unpaired) electrons. The van der Waals surface area contributed by atoms with E-state index in [2.05, 4.69) is 32.3 Å². The Labute approximate surface area is 224 Å². The highest BCUT2D eigenvalue weighted by Crippen LogP contribution is 2.51. The Morgan fingerprint density at radius 1 is 1.43 bits per heavy atom. The molecule has 3 aliphatic heterocycles. The highest BCUT2D eigenvalue weighted by Gasteiger charge is 2.58. The number of ether oxygens (including phenoxy) is 1. The summed E-state index contributed by atoms with van der Waals surface area (Å²) in [5.41, 5.74) is 0.847. The molecule has 12 heteroatoms. The molecule has 1 aromatic heterocycles. The van der Waals surface area contributed by atoms with Crippen LogP contribution in [0.2, 0.25) is 0 Å². The van der Waals surface area contributed by atoms with Crippen molar-refractivity contribution in [2.45, 2.75) is 62.7 Å². The lowest BCUT2D eigenvalue weighted by Crippen LogP contribution is -2.59. The van der Waals surface area contributed by atoms with E-state index in [1.165, 1.54) is 6.26 Å². The number of halogens is 2. The van der Waals surface area contributed by atoms with E-state index in [1.54, 1.807) is 11.0 Å². The van der Waals surface area contributed by atoms with Crippen molar-refractivity contribution in [2.75, 3.05) is 29.6 Å². The monoisotopic (exact) mass is 591 g/mol. The van der Waals surface area contributed by atoms with Crippen molar-refractivity contribution in [3.8, 4) is 6.07 Å². The highest BCUT2D eigenvalue weighted by atomic mass is 79.9. The van der Waals surface area contributed by atoms with Gasteiger partial charge in [0.1, 0.15) is 16.8 Å². The Morgan fingerprint density at radius 3 is 2.81 bits per heavy atom. The third kappa shape index (κ3) is 4.36. The van der Waals surface area contributed by atoms with Gasteiger partial charge in [0.05, 0.1) is 45.7 Å². The van der Waals surface area contributed by atoms with Crippen LogP contribution in [0.15, 0.2) is 15.6 Å². The van der Waals surface area contributed by atoms with Gasteiger partial charge in [0.2, 0.25) is 5.91 Å². The van der Waals surface area contributed by atoms with E-state index in [0.29, 0.717) is 35.3 Å². The molecular formula is C25H27BrFN5O4S. The maximum absolute atomic E-state index is 15.6. The fraction of sp³-hybridized carbons (Fsp3) is 0.520. The first-order valence-corrected chi connectivity index (χ1v) is 14.4. The lowest BCUT2D eigenvalue weighted by atomic mass is 9.78. The minimum Gasteiger partial charge on any atom is -0.444 e. The topological polar surface area (TPSA) is 116 Å². The van der Waals surface area contributed by atoms with Gasteiger partial charge in [0.15, 0.2) is 10.8 Å². The van der Waals surface area contributed by atoms with Gasteiger partial charge in [0.25, 0.3) is 0 Å². The van der Waals surface area contributed by atoms with Crippen LogP contribution in [-0.2, 0) is 26.8 Å². The van der Waals surface area contributed by atoms with E-state index in [9.17, 15) is 13.8 Å². The summed E-state index contributed by atoms with van der Waals surface area (Å²) in [5, 5.41) is 12.5. The predicted molar refractivity (Wildman–Crippen MR) is 140 cm³/mol. The zero-order chi connectivity index (χ0) is 26.8. The summed E-state index contributed by atoms with van der Waals surface area (Å²) in [6, 6.07) is 3.51. The van der Waals surface area contributed by atoms with Crippen LogP contribution >= 0.6 is 15.9 Å². The predicted octanol–water partition coefficient (Wildman–Crippen LogP) is 4.10. The number of anilines is 2. The van der Waals surface area contributed by atoms with Crippen molar-refractivity contribution < 1.29 is 22.9 Å². The van der Waals surface area contributed by atoms with Crippen LogP contribution in [0.4, 0.5) is 20.6 Å². The number of fused-ring (bicyclic) bond motifs is 4. The number of nitrogens with one attached hydrogen (secondary N) is 1. The van der Waals surface area contributed by atoms with Crippen LogP contribution in [0, 0.1) is 23.1 Å². The van der Waals surface area contributed by atoms with Crippen molar-refractivity contribution >= 4 is 61.0 Å². The molecule has 9 nitrogen and oxygen atoms in total. The van der Waals surface area contributed by atoms with Crippen LogP contribution in [-0.4, -0.2) is 63.1 Å². The fourth-order valence-corrected chi connectivity index (χ4v) is 6.75. The third-order valence-electron chi connectivity index (χ3n) is 7.06. The second-order valence-electron chi connectivity index (χ2n) is 10.7. The number of nitriles is 1. The molecule has 2 bridgehead atoms. The zero-order valence-corrected chi connectivity index (χ0v) is 23.3. The van der Waals surface area contributed by atoms with Gasteiger partial charge >= 0.3 is 6.09 Å². The maximum Gasteiger partial charge on any atom is 0.410 e. The minimum absolute atomic E-state index is 0.00688. The summed E-state index contributed by atoms with van der Waals surface area (Å²) in [7, 11) is -1.62. The molecule has 1 N–H and O–H groups in total. The van der Waals surface area contributed by atoms with Crippen molar-refractivity contribution in [2.24, 2.45) is 5.92 Å². The molecule has 4 unspecified atom stereocenters. The van der Waals surface area contributed by atoms with E-state index < -0.39 is 28.3 Å². The van der Waals surface area contributed by atoms with Crippen molar-refractivity contribution in [3.05, 3.63) is 21.9 Å². The smallest absolute Gasteiger partial charge is 0.410 e. The molecule has 4 atom stereocenters. The number of pyridine rings is 1. The molecule has 0 spiro atoms. The number of nitrogens with zero attached hydrogens (tertiary/aromatic N) is 4. The number of benzene rings is 1. The Kier molecular flexibility index (Phi) is 6.43. The molecule has 1 aromatic carbocycles. The van der Waals surface area contributed by atoms with Gasteiger partial charge in [-0.1, -0.05) is 0 Å². The fourth-order valence-electron chi connectivity index (χ4n) is 5.59. The second-order valence-corrected chi connectivity index (χ2v) is 12.8. The molecular weight excluding hydrogens is 565 g/mol. The first-order chi connectivity index (χ1) is 17.4. The van der Waals surface area contributed by atoms with Crippen LogP contribution in [0.1, 0.15) is 39.2 Å². The minimum atomic E-state index is -1.62. The largest absolute Gasteiger partial charge is 0.444 e. The Hall–Kier alpha value is -2.78. The van der Waals surface area contributed by atoms with Gasteiger partial charge < -0.3 is 19.9 Å². The molecule has 1 saturated carbocycles. The number of hydrogen-bond acceptors (Lipinski definition) is 7. The van der Waals surface area contributed by atoms with Gasteiger partial charge in [-0.3, -0.25) is 9.00 Å². The van der Waals surface area contributed by atoms with E-state index in [-0.39, 0.29) is 51.9 Å². The molecule has 1 aliphatic carbocycles. The number of aryl methyl sites for hydroxylation is 1. The quantitative estimate of drug-likeness (QED) is 0.569. The first kappa shape index (κ1) is 25.9. The Morgan fingerprint density at radius 2 is 2.16 bits per heavy atom. The van der Waals surface area contributed by atoms with Crippen molar-refractivity contribution in [1.82, 2.24) is 9.88 Å². The summed E-state index contributed by atoms with van der Waals surface area (Å²) in [5.74, 6) is -0.796. The van der Waals surface area contributed by atoms with Crippen LogP contribution in [0.3, 0.4) is 0 Å². The van der Waals surface area contributed by atoms with Gasteiger partial charge in [0, 0.05) is 30.5 Å². The summed E-state index contributed by atoms with van der Waals surface area (Å²) in [4.78, 5) is 33.8. The molecule has 6 rings (SSSR count). The van der Waals surface area contributed by atoms with Crippen molar-refractivity contribution in [1.29, 1.82) is 5.26 Å². The Balaban J connectivity index is 1.65. The van der Waals surface area contributed by atoms with Gasteiger partial charge in [-0.2, -0.15) is 5.26 Å². The van der Waals surface area contributed by atoms with E-state index in [1.807, 2.05) is 25.7 Å². The number of carbonyl (C=O) groups is 2. The highest BCUT2D eigenvalue weighted by molar-refractivity contribution is 9.10. The van der Waals surface area contributed by atoms with Crippen LogP contribution in [0.25, 0.3) is 10.9 Å². The summed E-state index contributed by atoms with van der Waals surface area (Å²) in [6.07, 6.45) is 2.35. The average molecular weight is 592 g/mol. The molecule has 3 fully saturated rings. The van der Waals surface area contributed by atoms with Crippen LogP contribution in [0.5, 0.6) is 0 Å². The standard InChI is InChI=1S/C25H27BrFN5O4S/c1-25(2,3)36-24(34)31-10-13-9-15(31)21(13)32-11-16(33)29-20-22(32)14-8-12(6-5-7-28)17(26)18(27)19(14)30-23(20)37(4)35/h8,13,15,21H,5-6,9-11H2,1-4H3,(H,29,33). The molecule has 4 heterocycles. The molecule has 2 amide bonds. The first-order valence-electron chi connectivity index (χ1n) is 12.0. The molecule has 4 aliphatic rings. The number of aromatic nitrogens is 1. The SMILES string of the molecule is CS(=O)c1nc2c(F)c(Br)c(CCC#N)cc2c2c1NC(=O)CN2C1C2CC1N(C(=O)OC(C)(C)C)C2. The number of hydrogen-bond donors (Lipinski definition) is 1. The molecule has 196 valence electrons. The summed E-state index contributed by atoms with van der Waals surface area (Å²) >= 11 is 3.30. The van der Waals surface area contributed by atoms with Gasteiger partial charge in [-0.25, -0.2) is 14.2 Å². The molecule has 2 saturated heterocycles. The lowest BCUT2D eigenvalue weighted by Gasteiger charge is -2.47. The summed E-state index contributed by atoms with van der Waals surface area (Å²) in [6.45, 7) is 5.95. The average Bonchev–Trinajstić information content (AvgIpc) is 3.39. The third-order valence-corrected chi connectivity index (χ3v) is 8.76. The van der Waals surface area contributed by atoms with Crippen molar-refractivity contribution in [3.63, 3.8) is 0 Å². The van der Waals surface area contributed by atoms with E-state index >= 15 is 4.39 Å². The molecule has 37 heavy (non-hydrogen) atoms.